The van der Waals surface area contributed by atoms with Crippen molar-refractivity contribution in [3.63, 3.8) is 0 Å². The van der Waals surface area contributed by atoms with E-state index in [2.05, 4.69) is 98.8 Å². The average molecular weight is 812 g/mol. The topological polar surface area (TPSA) is 25.8 Å². The number of hydrogen-bond acceptors (Lipinski definition) is 2. The Balaban J connectivity index is 0.00000314. The first kappa shape index (κ1) is 31.4. The van der Waals surface area contributed by atoms with Crippen LogP contribution in [-0.2, 0) is 37.3 Å². The van der Waals surface area contributed by atoms with E-state index in [4.69, 9.17) is 9.97 Å². The summed E-state index contributed by atoms with van der Waals surface area (Å²) in [5.74, 6) is 5.65. The molecule has 0 unspecified atom stereocenters. The standard InChI is InChI=1S/C45H48N2.Pt/c1-43(2,41-13-5-11-39(46-41)35-7-3-9-37(21-35)44-23-29-15-30(24-44)17-31(16-29)25-44)42-14-6-12-40(47-42)36-8-4-10-38(22-36)45-26-32-18-33(27-45)20-34(19-32)28-45;/h3-6,9-14,21-22,29-34H,15-20,23-28H2,1-2H3;/q-2;+2. The number of aromatic nitrogens is 2. The van der Waals surface area contributed by atoms with E-state index in [-0.39, 0.29) is 26.5 Å². The summed E-state index contributed by atoms with van der Waals surface area (Å²) in [5.41, 5.74) is 9.91. The van der Waals surface area contributed by atoms with Gasteiger partial charge in [-0.25, -0.2) is 0 Å². The van der Waals surface area contributed by atoms with Gasteiger partial charge >= 0.3 is 21.1 Å². The molecule has 2 heterocycles. The fraction of sp³-hybridized carbons (Fsp3) is 0.511. The molecule has 2 aromatic heterocycles. The predicted octanol–water partition coefficient (Wildman–Crippen LogP) is 10.7. The third kappa shape index (κ3) is 5.13. The Morgan fingerprint density at radius 2 is 0.896 bits per heavy atom. The summed E-state index contributed by atoms with van der Waals surface area (Å²) in [6.07, 6.45) is 17.2. The second-order valence-electron chi connectivity index (χ2n) is 17.8. The van der Waals surface area contributed by atoms with E-state index in [1.807, 2.05) is 0 Å². The van der Waals surface area contributed by atoms with Crippen LogP contribution in [0.5, 0.6) is 0 Å². The number of benzene rings is 2. The molecule has 248 valence electrons. The molecule has 0 radical (unpaired) electrons. The van der Waals surface area contributed by atoms with Gasteiger partial charge in [0.1, 0.15) is 0 Å². The normalized spacial score (nSPS) is 34.3. The molecule has 3 heteroatoms. The van der Waals surface area contributed by atoms with E-state index in [1.54, 1.807) is 11.1 Å². The number of hydrogen-bond donors (Lipinski definition) is 0. The minimum atomic E-state index is -0.346. The maximum absolute atomic E-state index is 5.32. The predicted molar refractivity (Wildman–Crippen MR) is 189 cm³/mol. The molecule has 0 amide bonds. The van der Waals surface area contributed by atoms with Gasteiger partial charge in [0.05, 0.1) is 0 Å². The average Bonchev–Trinajstić information content (AvgIpc) is 3.07. The number of rotatable bonds is 6. The molecule has 8 aliphatic rings. The van der Waals surface area contributed by atoms with Crippen LogP contribution in [0.2, 0.25) is 0 Å². The Bertz CT molecular complexity index is 1650. The minimum Gasteiger partial charge on any atom is -0.300 e. The Morgan fingerprint density at radius 3 is 1.25 bits per heavy atom. The van der Waals surface area contributed by atoms with Crippen molar-refractivity contribution in [3.05, 3.63) is 107 Å². The van der Waals surface area contributed by atoms with Crippen LogP contribution in [0.3, 0.4) is 0 Å². The van der Waals surface area contributed by atoms with Gasteiger partial charge in [0.25, 0.3) is 0 Å². The Hall–Kier alpha value is -2.57. The molecule has 2 aromatic carbocycles. The molecule has 8 aliphatic carbocycles. The molecule has 0 spiro atoms. The van der Waals surface area contributed by atoms with E-state index in [0.29, 0.717) is 10.8 Å². The van der Waals surface area contributed by atoms with Crippen molar-refractivity contribution in [2.24, 2.45) is 35.5 Å². The van der Waals surface area contributed by atoms with Gasteiger partial charge in [-0.05, 0) is 161 Å². The molecule has 12 rings (SSSR count). The van der Waals surface area contributed by atoms with Gasteiger partial charge in [-0.1, -0.05) is 24.3 Å². The number of nitrogens with zero attached hydrogens (tertiary/aromatic N) is 2. The summed E-state index contributed by atoms with van der Waals surface area (Å²) < 4.78 is 0. The van der Waals surface area contributed by atoms with Crippen molar-refractivity contribution in [2.45, 2.75) is 107 Å². The molecule has 0 N–H and O–H groups in total. The van der Waals surface area contributed by atoms with Crippen LogP contribution in [-0.4, -0.2) is 9.97 Å². The van der Waals surface area contributed by atoms with Crippen LogP contribution < -0.4 is 0 Å². The van der Waals surface area contributed by atoms with Gasteiger partial charge in [-0.3, -0.25) is 0 Å². The largest absolute Gasteiger partial charge is 2.00 e. The van der Waals surface area contributed by atoms with Crippen molar-refractivity contribution < 1.29 is 21.1 Å². The first-order valence-electron chi connectivity index (χ1n) is 18.8. The molecule has 0 saturated heterocycles. The summed E-state index contributed by atoms with van der Waals surface area (Å²) in [6, 6.07) is 34.2. The van der Waals surface area contributed by atoms with Crippen molar-refractivity contribution >= 4 is 0 Å². The molecule has 4 aromatic rings. The van der Waals surface area contributed by atoms with Crippen molar-refractivity contribution in [2.75, 3.05) is 0 Å². The van der Waals surface area contributed by atoms with Gasteiger partial charge in [0.15, 0.2) is 0 Å². The number of pyridine rings is 2. The summed E-state index contributed by atoms with van der Waals surface area (Å²) in [6.45, 7) is 4.55. The van der Waals surface area contributed by atoms with E-state index in [9.17, 15) is 0 Å². The van der Waals surface area contributed by atoms with Gasteiger partial charge in [-0.2, -0.15) is 0 Å². The molecular weight excluding hydrogens is 764 g/mol. The van der Waals surface area contributed by atoms with Gasteiger partial charge < -0.3 is 9.97 Å². The minimum absolute atomic E-state index is 0. The van der Waals surface area contributed by atoms with E-state index in [1.165, 1.54) is 77.0 Å². The summed E-state index contributed by atoms with van der Waals surface area (Å²) in [4.78, 5) is 10.6. The van der Waals surface area contributed by atoms with Crippen LogP contribution in [0.25, 0.3) is 22.5 Å². The molecule has 8 saturated carbocycles. The van der Waals surface area contributed by atoms with E-state index >= 15 is 0 Å². The van der Waals surface area contributed by atoms with Crippen LogP contribution in [0.4, 0.5) is 0 Å². The van der Waals surface area contributed by atoms with Crippen LogP contribution in [0.1, 0.15) is 113 Å². The summed E-state index contributed by atoms with van der Waals surface area (Å²) >= 11 is 0. The molecule has 8 fully saturated rings. The zero-order valence-corrected chi connectivity index (χ0v) is 30.9. The van der Waals surface area contributed by atoms with Crippen molar-refractivity contribution in [3.8, 4) is 22.5 Å². The third-order valence-electron chi connectivity index (χ3n) is 14.2. The zero-order chi connectivity index (χ0) is 31.4. The smallest absolute Gasteiger partial charge is 0.300 e. The Morgan fingerprint density at radius 1 is 0.542 bits per heavy atom. The molecule has 2 nitrogen and oxygen atoms in total. The first-order valence-corrected chi connectivity index (χ1v) is 18.8. The quantitative estimate of drug-likeness (QED) is 0.181. The van der Waals surface area contributed by atoms with Gasteiger partial charge in [0, 0.05) is 16.8 Å². The van der Waals surface area contributed by atoms with E-state index < -0.39 is 0 Å². The van der Waals surface area contributed by atoms with Gasteiger partial charge in [-0.15, -0.1) is 70.8 Å². The van der Waals surface area contributed by atoms with Crippen LogP contribution in [0, 0.1) is 47.6 Å². The molecular formula is C45H48N2Pt. The maximum Gasteiger partial charge on any atom is 2.00 e. The van der Waals surface area contributed by atoms with Crippen molar-refractivity contribution in [1.29, 1.82) is 0 Å². The maximum atomic E-state index is 5.32. The Labute approximate surface area is 302 Å². The molecule has 0 aliphatic heterocycles. The first-order chi connectivity index (χ1) is 22.8. The fourth-order valence-corrected chi connectivity index (χ4v) is 12.8. The van der Waals surface area contributed by atoms with Crippen LogP contribution >= 0.6 is 0 Å². The molecule has 8 bridgehead atoms. The fourth-order valence-electron chi connectivity index (χ4n) is 12.8. The monoisotopic (exact) mass is 811 g/mol. The van der Waals surface area contributed by atoms with Crippen molar-refractivity contribution in [1.82, 2.24) is 9.97 Å². The molecule has 0 atom stereocenters. The van der Waals surface area contributed by atoms with E-state index in [0.717, 1.165) is 69.4 Å². The summed E-state index contributed by atoms with van der Waals surface area (Å²) in [7, 11) is 0. The second-order valence-corrected chi connectivity index (χ2v) is 17.8. The SMILES string of the molecule is CC(C)(c1cccc(-c2[c-]ccc(C34CC5CC(CC(C5)C3)C4)c2)n1)c1cccc(-c2[c-]ccc(C34CC5CC(CC(C5)C3)C4)c2)n1.[Pt+2]. The zero-order valence-electron chi connectivity index (χ0n) is 28.6. The Kier molecular flexibility index (Phi) is 7.51. The molecule has 48 heavy (non-hydrogen) atoms. The van der Waals surface area contributed by atoms with Crippen LogP contribution in [0.15, 0.2) is 72.8 Å². The summed E-state index contributed by atoms with van der Waals surface area (Å²) in [5, 5.41) is 0. The van der Waals surface area contributed by atoms with Gasteiger partial charge in [0.2, 0.25) is 0 Å². The third-order valence-corrected chi connectivity index (χ3v) is 14.2. The second kappa shape index (κ2) is 11.5.